The summed E-state index contributed by atoms with van der Waals surface area (Å²) in [4.78, 5) is 34.2. The average Bonchev–Trinajstić information content (AvgIpc) is 3.87. The molecule has 4 aliphatic rings. The van der Waals surface area contributed by atoms with Gasteiger partial charge in [0.2, 0.25) is 0 Å². The summed E-state index contributed by atoms with van der Waals surface area (Å²) in [7, 11) is -1.42. The molecule has 1 N–H and O–H groups in total. The quantitative estimate of drug-likeness (QED) is 0.133. The van der Waals surface area contributed by atoms with E-state index in [9.17, 15) is 20.0 Å². The smallest absolute Gasteiger partial charge is 0.410 e. The summed E-state index contributed by atoms with van der Waals surface area (Å²) in [5, 5.41) is 22.2. The number of pyridine rings is 1. The van der Waals surface area contributed by atoms with Gasteiger partial charge < -0.3 is 19.3 Å². The lowest BCUT2D eigenvalue weighted by Gasteiger charge is -2.40. The second-order valence-electron chi connectivity index (χ2n) is 15.0. The van der Waals surface area contributed by atoms with Gasteiger partial charge in [-0.05, 0) is 61.7 Å². The Hall–Kier alpha value is -3.50. The molecular weight excluding hydrogens is 728 g/mol. The molecule has 1 unspecified atom stereocenters. The first-order chi connectivity index (χ1) is 24.3. The number of fused-ring (bicyclic) bond motifs is 4. The van der Waals surface area contributed by atoms with Gasteiger partial charge in [-0.1, -0.05) is 55.0 Å². The number of carbonyl (C=O) groups is 2. The van der Waals surface area contributed by atoms with Crippen molar-refractivity contribution in [2.45, 2.75) is 80.9 Å². The zero-order valence-electron chi connectivity index (χ0n) is 29.0. The highest BCUT2D eigenvalue weighted by Crippen LogP contribution is 2.54. The normalized spacial score (nSPS) is 21.4. The van der Waals surface area contributed by atoms with Gasteiger partial charge >= 0.3 is 12.2 Å². The predicted octanol–water partition coefficient (Wildman–Crippen LogP) is 10.0. The van der Waals surface area contributed by atoms with Crippen LogP contribution < -0.4 is 0 Å². The lowest BCUT2D eigenvalue weighted by atomic mass is 9.79. The number of nitrogens with zero attached hydrogens (tertiary/aromatic N) is 5. The van der Waals surface area contributed by atoms with Crippen LogP contribution in [0, 0.1) is 23.1 Å². The van der Waals surface area contributed by atoms with Crippen molar-refractivity contribution in [3.8, 4) is 17.2 Å². The summed E-state index contributed by atoms with van der Waals surface area (Å²) in [6, 6.07) is 11.3. The van der Waals surface area contributed by atoms with Crippen molar-refractivity contribution >= 4 is 77.0 Å². The number of likely N-dealkylation sites (tertiary alicyclic amines) is 1. The Labute approximate surface area is 311 Å². The highest BCUT2D eigenvalue weighted by atomic mass is 35.5. The molecule has 2 aromatic carbocycles. The number of benzene rings is 2. The standard InChI is InChI=1S/C37H40Cl2FN5O4SSi/c1-50-35-24-18-27(26-11-7-13-43(26)37(48)49-14-15-51(2,3)4)45(33-21-17-28(33)44(19-21)36(46)47)34(24)23-16-20(8-6-12-41)29(31(40)32(23)42-35)22-9-5-10-25(38)30(22)39/h5,9-10,16,18,21,26,28,33H,6-8,11,13-15,17,19H2,1-4H3,(H,46,47)/t21-,26?,28-,33+/m1/s1. The highest BCUT2D eigenvalue weighted by molar-refractivity contribution is 7.98. The van der Waals surface area contributed by atoms with Gasteiger partial charge in [0.15, 0.2) is 5.82 Å². The van der Waals surface area contributed by atoms with Crippen LogP contribution in [0.2, 0.25) is 35.7 Å². The molecule has 14 heteroatoms. The second kappa shape index (κ2) is 13.8. The minimum atomic E-state index is -1.42. The number of halogens is 3. The van der Waals surface area contributed by atoms with Crippen molar-refractivity contribution in [2.24, 2.45) is 5.92 Å². The van der Waals surface area contributed by atoms with E-state index in [-0.39, 0.29) is 64.1 Å². The number of aromatic nitrogens is 2. The fraction of sp³-hybridized carbons (Fsp3) is 0.459. The Morgan fingerprint density at radius 2 is 1.98 bits per heavy atom. The minimum absolute atomic E-state index is 0.0624. The van der Waals surface area contributed by atoms with E-state index >= 15 is 4.39 Å². The summed E-state index contributed by atoms with van der Waals surface area (Å²) in [6.07, 6.45) is 3.25. The van der Waals surface area contributed by atoms with Gasteiger partial charge in [-0.25, -0.2) is 19.0 Å². The molecule has 4 fully saturated rings. The lowest BCUT2D eigenvalue weighted by molar-refractivity contribution is 0.0985. The zero-order valence-corrected chi connectivity index (χ0v) is 32.3. The fourth-order valence-corrected chi connectivity index (χ4v) is 9.92. The van der Waals surface area contributed by atoms with E-state index < -0.39 is 20.0 Å². The number of hydrogen-bond donors (Lipinski definition) is 1. The Balaban J connectivity index is 1.47. The van der Waals surface area contributed by atoms with Crippen LogP contribution in [0.1, 0.15) is 49.0 Å². The van der Waals surface area contributed by atoms with Gasteiger partial charge in [-0.3, -0.25) is 4.90 Å². The van der Waals surface area contributed by atoms with Gasteiger partial charge in [-0.15, -0.1) is 11.8 Å². The first kappa shape index (κ1) is 35.9. The number of rotatable bonds is 9. The van der Waals surface area contributed by atoms with Gasteiger partial charge in [0, 0.05) is 61.1 Å². The van der Waals surface area contributed by atoms with E-state index in [1.807, 2.05) is 12.3 Å². The maximum Gasteiger partial charge on any atom is 0.410 e. The summed E-state index contributed by atoms with van der Waals surface area (Å²) >= 11 is 14.5. The monoisotopic (exact) mass is 767 g/mol. The molecule has 0 radical (unpaired) electrons. The highest BCUT2D eigenvalue weighted by Gasteiger charge is 2.56. The molecule has 4 aromatic rings. The molecule has 9 nitrogen and oxygen atoms in total. The Morgan fingerprint density at radius 1 is 1.20 bits per heavy atom. The molecule has 2 aromatic heterocycles. The first-order valence-electron chi connectivity index (χ1n) is 17.3. The van der Waals surface area contributed by atoms with Crippen LogP contribution in [-0.2, 0) is 11.2 Å². The molecule has 0 spiro atoms. The summed E-state index contributed by atoms with van der Waals surface area (Å²) < 4.78 is 25.3. The van der Waals surface area contributed by atoms with Crippen molar-refractivity contribution in [3.63, 3.8) is 0 Å². The Kier molecular flexibility index (Phi) is 9.71. The number of carboxylic acid groups (broad SMARTS) is 1. The Bertz CT molecular complexity index is 2120. The molecule has 1 aliphatic carbocycles. The molecule has 2 amide bonds. The predicted molar refractivity (Wildman–Crippen MR) is 202 cm³/mol. The molecule has 4 atom stereocenters. The van der Waals surface area contributed by atoms with Crippen molar-refractivity contribution in [1.29, 1.82) is 5.26 Å². The molecule has 51 heavy (non-hydrogen) atoms. The van der Waals surface area contributed by atoms with E-state index in [1.54, 1.807) is 23.1 Å². The summed E-state index contributed by atoms with van der Waals surface area (Å²) in [5.41, 5.74) is 3.06. The molecular formula is C37H40Cl2FN5O4SSi. The fourth-order valence-electron chi connectivity index (χ4n) is 8.25. The third-order valence-corrected chi connectivity index (χ3v) is 13.9. The molecule has 268 valence electrons. The van der Waals surface area contributed by atoms with Gasteiger partial charge in [0.1, 0.15) is 10.5 Å². The number of ether oxygens (including phenoxy) is 1. The van der Waals surface area contributed by atoms with Crippen molar-refractivity contribution in [2.75, 3.05) is 26.0 Å². The summed E-state index contributed by atoms with van der Waals surface area (Å²) in [6.45, 7) is 8.06. The lowest BCUT2D eigenvalue weighted by Crippen LogP contribution is -2.43. The number of nitriles is 1. The molecule has 3 saturated heterocycles. The van der Waals surface area contributed by atoms with Gasteiger partial charge in [0.05, 0.1) is 46.4 Å². The SMILES string of the molecule is CSc1nc2c(F)c(-c3cccc(Cl)c3Cl)c(CCC#N)cc2c2c1cc(C1CCCN1C(=O)OCC[Si](C)(C)C)n2[C@H]1[C@@H]2C[C@H]1N(C(=O)O)C2. The van der Waals surface area contributed by atoms with Crippen LogP contribution in [0.5, 0.6) is 0 Å². The first-order valence-corrected chi connectivity index (χ1v) is 23.0. The number of hydrogen-bond acceptors (Lipinski definition) is 6. The van der Waals surface area contributed by atoms with E-state index in [1.165, 1.54) is 16.7 Å². The Morgan fingerprint density at radius 3 is 2.67 bits per heavy atom. The topological polar surface area (TPSA) is 112 Å². The molecule has 2 bridgehead atoms. The number of thioether (sulfide) groups is 1. The third-order valence-electron chi connectivity index (χ3n) is 10.7. The number of carbonyl (C=O) groups excluding carboxylic acids is 1. The second-order valence-corrected chi connectivity index (χ2v) is 22.2. The van der Waals surface area contributed by atoms with Gasteiger partial charge in [-0.2, -0.15) is 5.26 Å². The van der Waals surface area contributed by atoms with Crippen LogP contribution in [0.4, 0.5) is 14.0 Å². The van der Waals surface area contributed by atoms with Crippen molar-refractivity contribution in [1.82, 2.24) is 19.4 Å². The molecule has 5 heterocycles. The van der Waals surface area contributed by atoms with Crippen LogP contribution in [0.3, 0.4) is 0 Å². The summed E-state index contributed by atoms with van der Waals surface area (Å²) in [5.74, 6) is -0.499. The number of amides is 2. The average molecular weight is 769 g/mol. The maximum atomic E-state index is 17.2. The molecule has 8 rings (SSSR count). The van der Waals surface area contributed by atoms with E-state index in [0.717, 1.165) is 35.5 Å². The number of aryl methyl sites for hydroxylation is 1. The zero-order chi connectivity index (χ0) is 36.4. The van der Waals surface area contributed by atoms with Crippen molar-refractivity contribution < 1.29 is 23.8 Å². The third kappa shape index (κ3) is 6.24. The van der Waals surface area contributed by atoms with Crippen LogP contribution in [0.25, 0.3) is 32.9 Å². The van der Waals surface area contributed by atoms with Crippen LogP contribution in [0.15, 0.2) is 35.4 Å². The van der Waals surface area contributed by atoms with Gasteiger partial charge in [0.25, 0.3) is 0 Å². The molecule has 3 aliphatic heterocycles. The van der Waals surface area contributed by atoms with E-state index in [2.05, 4.69) is 36.3 Å². The minimum Gasteiger partial charge on any atom is -0.465 e. The van der Waals surface area contributed by atoms with Crippen LogP contribution >= 0.6 is 35.0 Å². The van der Waals surface area contributed by atoms with E-state index in [0.29, 0.717) is 47.7 Å². The van der Waals surface area contributed by atoms with Crippen molar-refractivity contribution in [3.05, 3.63) is 57.5 Å². The van der Waals surface area contributed by atoms with Crippen LogP contribution in [-0.4, -0.2) is 76.7 Å². The largest absolute Gasteiger partial charge is 0.465 e. The molecule has 1 saturated carbocycles. The maximum absolute atomic E-state index is 17.2. The van der Waals surface area contributed by atoms with E-state index in [4.69, 9.17) is 32.9 Å².